The Hall–Kier alpha value is -0.170. The number of hydrogen-bond acceptors (Lipinski definition) is 4. The van der Waals surface area contributed by atoms with Gasteiger partial charge >= 0.3 is 0 Å². The number of piperazine rings is 2. The highest BCUT2D eigenvalue weighted by atomic mass is 32.2. The van der Waals surface area contributed by atoms with Crippen LogP contribution in [0, 0.1) is 0 Å². The summed E-state index contributed by atoms with van der Waals surface area (Å²) >= 11 is 0. The zero-order valence-corrected chi connectivity index (χ0v) is 11.3. The molecule has 16 heavy (non-hydrogen) atoms. The first-order valence-electron chi connectivity index (χ1n) is 5.97. The molecule has 0 aromatic carbocycles. The maximum absolute atomic E-state index is 11.3. The van der Waals surface area contributed by atoms with Crippen molar-refractivity contribution in [2.75, 3.05) is 45.5 Å². The van der Waals surface area contributed by atoms with Gasteiger partial charge in [-0.1, -0.05) is 13.8 Å². The number of hydrogen-bond donors (Lipinski definition) is 1. The lowest BCUT2D eigenvalue weighted by Crippen LogP contribution is -2.61. The Morgan fingerprint density at radius 1 is 1.19 bits per heavy atom. The van der Waals surface area contributed by atoms with Crippen molar-refractivity contribution in [3.05, 3.63) is 0 Å². The van der Waals surface area contributed by atoms with Gasteiger partial charge in [0.15, 0.2) is 0 Å². The van der Waals surface area contributed by atoms with Gasteiger partial charge in [0.25, 0.3) is 0 Å². The molecule has 1 unspecified atom stereocenters. The molecule has 2 fully saturated rings. The molecule has 0 aromatic rings. The van der Waals surface area contributed by atoms with Crippen LogP contribution in [0.3, 0.4) is 0 Å². The van der Waals surface area contributed by atoms with Crippen molar-refractivity contribution in [2.24, 2.45) is 0 Å². The predicted molar refractivity (Wildman–Crippen MR) is 66.0 cm³/mol. The molecule has 0 bridgehead atoms. The molecule has 0 aliphatic carbocycles. The highest BCUT2D eigenvalue weighted by Crippen LogP contribution is 2.13. The van der Waals surface area contributed by atoms with E-state index in [1.165, 1.54) is 6.26 Å². The van der Waals surface area contributed by atoms with Crippen molar-refractivity contribution < 1.29 is 8.42 Å². The second-order valence-electron chi connectivity index (χ2n) is 4.01. The molecular weight excluding hydrogens is 226 g/mol. The number of rotatable bonds is 1. The lowest BCUT2D eigenvalue weighted by atomic mass is 10.1. The Kier molecular flexibility index (Phi) is 5.17. The zero-order valence-electron chi connectivity index (χ0n) is 10.4. The van der Waals surface area contributed by atoms with E-state index in [2.05, 4.69) is 10.2 Å². The molecule has 0 saturated carbocycles. The third kappa shape index (κ3) is 3.41. The smallest absolute Gasteiger partial charge is 0.211 e. The van der Waals surface area contributed by atoms with E-state index in [0.29, 0.717) is 19.1 Å². The van der Waals surface area contributed by atoms with Gasteiger partial charge in [-0.25, -0.2) is 8.42 Å². The van der Waals surface area contributed by atoms with E-state index in [4.69, 9.17) is 0 Å². The second kappa shape index (κ2) is 5.95. The summed E-state index contributed by atoms with van der Waals surface area (Å²) < 4.78 is 24.3. The standard InChI is InChI=1S/C8H17N3O2S.C2H6/c1-14(12,13)11-5-4-10-3-2-9-6-8(10)7-11;1-2/h8-9H,2-7H2,1H3;1-2H3. The van der Waals surface area contributed by atoms with Gasteiger partial charge < -0.3 is 5.32 Å². The van der Waals surface area contributed by atoms with Crippen LogP contribution in [0.15, 0.2) is 0 Å². The van der Waals surface area contributed by atoms with Crippen LogP contribution in [0.25, 0.3) is 0 Å². The highest BCUT2D eigenvalue weighted by molar-refractivity contribution is 7.88. The largest absolute Gasteiger partial charge is 0.314 e. The van der Waals surface area contributed by atoms with Gasteiger partial charge in [0.2, 0.25) is 10.0 Å². The summed E-state index contributed by atoms with van der Waals surface area (Å²) in [5.74, 6) is 0. The van der Waals surface area contributed by atoms with E-state index < -0.39 is 10.0 Å². The molecule has 1 atom stereocenters. The molecule has 96 valence electrons. The van der Waals surface area contributed by atoms with Crippen molar-refractivity contribution >= 4 is 10.0 Å². The molecule has 0 spiro atoms. The fraction of sp³-hybridized carbons (Fsp3) is 1.00. The average Bonchev–Trinajstić information content (AvgIpc) is 2.30. The van der Waals surface area contributed by atoms with Crippen molar-refractivity contribution in [1.29, 1.82) is 0 Å². The first-order chi connectivity index (χ1) is 7.57. The lowest BCUT2D eigenvalue weighted by Gasteiger charge is -2.43. The number of nitrogens with one attached hydrogen (secondary N) is 1. The topological polar surface area (TPSA) is 52.7 Å². The summed E-state index contributed by atoms with van der Waals surface area (Å²) in [5, 5.41) is 3.29. The third-order valence-corrected chi connectivity index (χ3v) is 4.26. The Balaban J connectivity index is 0.000000606. The molecule has 2 heterocycles. The van der Waals surface area contributed by atoms with E-state index in [1.807, 2.05) is 13.8 Å². The summed E-state index contributed by atoms with van der Waals surface area (Å²) in [6.45, 7) is 9.14. The second-order valence-corrected chi connectivity index (χ2v) is 6.00. The molecule has 2 saturated heterocycles. The third-order valence-electron chi connectivity index (χ3n) is 2.99. The lowest BCUT2D eigenvalue weighted by molar-refractivity contribution is 0.0959. The van der Waals surface area contributed by atoms with E-state index >= 15 is 0 Å². The Bertz CT molecular complexity index is 305. The van der Waals surface area contributed by atoms with Gasteiger partial charge in [-0.05, 0) is 0 Å². The molecule has 0 radical (unpaired) electrons. The molecule has 0 amide bonds. The monoisotopic (exact) mass is 249 g/mol. The summed E-state index contributed by atoms with van der Waals surface area (Å²) in [4.78, 5) is 2.37. The van der Waals surface area contributed by atoms with Crippen molar-refractivity contribution in [2.45, 2.75) is 19.9 Å². The fourth-order valence-electron chi connectivity index (χ4n) is 2.14. The van der Waals surface area contributed by atoms with E-state index in [0.717, 1.165) is 26.2 Å². The Morgan fingerprint density at radius 3 is 2.50 bits per heavy atom. The van der Waals surface area contributed by atoms with Gasteiger partial charge in [-0.3, -0.25) is 4.90 Å². The van der Waals surface area contributed by atoms with Gasteiger partial charge in [-0.2, -0.15) is 4.31 Å². The number of sulfonamides is 1. The van der Waals surface area contributed by atoms with Crippen LogP contribution in [0.1, 0.15) is 13.8 Å². The van der Waals surface area contributed by atoms with Crippen molar-refractivity contribution in [3.8, 4) is 0 Å². The molecule has 2 rings (SSSR count). The molecule has 6 heteroatoms. The minimum Gasteiger partial charge on any atom is -0.314 e. The molecule has 0 aromatic heterocycles. The molecule has 2 aliphatic heterocycles. The van der Waals surface area contributed by atoms with Crippen LogP contribution in [-0.4, -0.2) is 69.2 Å². The van der Waals surface area contributed by atoms with Crippen LogP contribution in [0.2, 0.25) is 0 Å². The zero-order chi connectivity index (χ0) is 12.2. The quantitative estimate of drug-likeness (QED) is 0.685. The SMILES string of the molecule is CC.CS(=O)(=O)N1CCN2CCNCC2C1. The van der Waals surface area contributed by atoms with Crippen molar-refractivity contribution in [1.82, 2.24) is 14.5 Å². The normalized spacial score (nSPS) is 27.8. The first kappa shape index (κ1) is 13.9. The van der Waals surface area contributed by atoms with Gasteiger partial charge in [0.05, 0.1) is 6.26 Å². The molecule has 1 N–H and O–H groups in total. The summed E-state index contributed by atoms with van der Waals surface area (Å²) in [6, 6.07) is 0.368. The summed E-state index contributed by atoms with van der Waals surface area (Å²) in [6.07, 6.45) is 1.29. The fourth-order valence-corrected chi connectivity index (χ4v) is 3.00. The first-order valence-corrected chi connectivity index (χ1v) is 7.82. The van der Waals surface area contributed by atoms with Crippen LogP contribution < -0.4 is 5.32 Å². The van der Waals surface area contributed by atoms with Gasteiger partial charge in [0.1, 0.15) is 0 Å². The Labute approximate surface area is 98.8 Å². The predicted octanol–water partition coefficient (Wildman–Crippen LogP) is -0.438. The van der Waals surface area contributed by atoms with Crippen molar-refractivity contribution in [3.63, 3.8) is 0 Å². The van der Waals surface area contributed by atoms with Crippen LogP contribution in [0.5, 0.6) is 0 Å². The molecule has 2 aliphatic rings. The number of nitrogens with zero attached hydrogens (tertiary/aromatic N) is 2. The summed E-state index contributed by atoms with van der Waals surface area (Å²) in [7, 11) is -3.00. The van der Waals surface area contributed by atoms with E-state index in [9.17, 15) is 8.42 Å². The van der Waals surface area contributed by atoms with E-state index in [-0.39, 0.29) is 0 Å². The maximum atomic E-state index is 11.3. The minimum absolute atomic E-state index is 0.368. The number of fused-ring (bicyclic) bond motifs is 1. The van der Waals surface area contributed by atoms with Crippen LogP contribution in [0.4, 0.5) is 0 Å². The average molecular weight is 249 g/mol. The summed E-state index contributed by atoms with van der Waals surface area (Å²) in [5.41, 5.74) is 0. The molecule has 5 nitrogen and oxygen atoms in total. The maximum Gasteiger partial charge on any atom is 0.211 e. The highest BCUT2D eigenvalue weighted by Gasteiger charge is 2.32. The minimum atomic E-state index is -3.00. The van der Waals surface area contributed by atoms with E-state index in [1.54, 1.807) is 4.31 Å². The van der Waals surface area contributed by atoms with Gasteiger partial charge in [-0.15, -0.1) is 0 Å². The molecular formula is C10H23N3O2S. The van der Waals surface area contributed by atoms with Crippen LogP contribution >= 0.6 is 0 Å². The Morgan fingerprint density at radius 2 is 1.88 bits per heavy atom. The van der Waals surface area contributed by atoms with Gasteiger partial charge in [0, 0.05) is 45.3 Å². The van der Waals surface area contributed by atoms with Crippen LogP contribution in [-0.2, 0) is 10.0 Å².